The van der Waals surface area contributed by atoms with Gasteiger partial charge in [-0.3, -0.25) is 14.9 Å². The van der Waals surface area contributed by atoms with Crippen LogP contribution in [0.3, 0.4) is 0 Å². The molecule has 0 spiro atoms. The van der Waals surface area contributed by atoms with E-state index in [1.54, 1.807) is 0 Å². The molecule has 0 bridgehead atoms. The number of carbonyl (C=O) groups is 3. The number of halogens is 2. The molecule has 0 aromatic heterocycles. The number of amides is 4. The van der Waals surface area contributed by atoms with E-state index in [4.69, 9.17) is 23.2 Å². The number of benzene rings is 1. The lowest BCUT2D eigenvalue weighted by atomic mass is 9.87. The number of rotatable bonds is 4. The summed E-state index contributed by atoms with van der Waals surface area (Å²) in [5.74, 6) is -0.0222. The fraction of sp³-hybridized carbons (Fsp3) is 0.550. The first-order valence-electron chi connectivity index (χ1n) is 9.69. The summed E-state index contributed by atoms with van der Waals surface area (Å²) in [7, 11) is 0. The van der Waals surface area contributed by atoms with Crippen LogP contribution in [-0.4, -0.2) is 41.4 Å². The zero-order chi connectivity index (χ0) is 20.1. The molecule has 3 aliphatic rings. The van der Waals surface area contributed by atoms with Crippen molar-refractivity contribution in [1.82, 2.24) is 15.5 Å². The van der Waals surface area contributed by atoms with Gasteiger partial charge in [-0.2, -0.15) is 0 Å². The molecule has 1 aromatic carbocycles. The number of nitrogens with one attached hydrogen (secondary N) is 2. The van der Waals surface area contributed by atoms with Gasteiger partial charge in [-0.25, -0.2) is 4.79 Å². The SMILES string of the molecule is C[C@H]1CN(C(=O)CC[C@@]2(C3CC3)NC(=O)NC2=O)CCc2cc(Cl)c(Cl)cc21. The van der Waals surface area contributed by atoms with Crippen LogP contribution < -0.4 is 10.6 Å². The highest BCUT2D eigenvalue weighted by atomic mass is 35.5. The summed E-state index contributed by atoms with van der Waals surface area (Å²) >= 11 is 12.3. The Kier molecular flexibility index (Phi) is 5.04. The molecule has 1 aliphatic carbocycles. The Morgan fingerprint density at radius 1 is 1.25 bits per heavy atom. The van der Waals surface area contributed by atoms with Crippen molar-refractivity contribution in [3.63, 3.8) is 0 Å². The Hall–Kier alpha value is -1.79. The summed E-state index contributed by atoms with van der Waals surface area (Å²) in [6.45, 7) is 3.27. The van der Waals surface area contributed by atoms with Crippen molar-refractivity contribution in [1.29, 1.82) is 0 Å². The smallest absolute Gasteiger partial charge is 0.322 e. The summed E-state index contributed by atoms with van der Waals surface area (Å²) in [4.78, 5) is 38.8. The molecule has 0 unspecified atom stereocenters. The zero-order valence-corrected chi connectivity index (χ0v) is 17.2. The van der Waals surface area contributed by atoms with Crippen LogP contribution >= 0.6 is 23.2 Å². The van der Waals surface area contributed by atoms with Gasteiger partial charge in [-0.15, -0.1) is 0 Å². The van der Waals surface area contributed by atoms with Gasteiger partial charge in [0.2, 0.25) is 5.91 Å². The van der Waals surface area contributed by atoms with Crippen molar-refractivity contribution in [3.8, 4) is 0 Å². The molecule has 1 saturated carbocycles. The Morgan fingerprint density at radius 3 is 2.61 bits per heavy atom. The lowest BCUT2D eigenvalue weighted by Gasteiger charge is -2.28. The predicted molar refractivity (Wildman–Crippen MR) is 107 cm³/mol. The molecule has 1 aromatic rings. The number of urea groups is 1. The van der Waals surface area contributed by atoms with Crippen LogP contribution in [0.1, 0.15) is 49.7 Å². The average molecular weight is 424 g/mol. The standard InChI is InChI=1S/C20H23Cl2N3O3/c1-11-10-25(7-5-12-8-15(21)16(22)9-14(11)12)17(26)4-6-20(13-2-3-13)18(27)23-19(28)24-20/h8-9,11,13H,2-7,10H2,1H3,(H2,23,24,27,28)/t11-,20-/m0/s1. The monoisotopic (exact) mass is 423 g/mol. The van der Waals surface area contributed by atoms with Crippen molar-refractivity contribution in [2.45, 2.75) is 50.5 Å². The molecule has 2 aliphatic heterocycles. The van der Waals surface area contributed by atoms with E-state index < -0.39 is 11.6 Å². The third kappa shape index (κ3) is 3.48. The highest BCUT2D eigenvalue weighted by Gasteiger charge is 2.55. The molecule has 2 atom stereocenters. The summed E-state index contributed by atoms with van der Waals surface area (Å²) in [6.07, 6.45) is 3.09. The summed E-state index contributed by atoms with van der Waals surface area (Å²) in [6, 6.07) is 3.33. The van der Waals surface area contributed by atoms with Crippen molar-refractivity contribution >= 4 is 41.0 Å². The molecule has 150 valence electrons. The van der Waals surface area contributed by atoms with Crippen molar-refractivity contribution < 1.29 is 14.4 Å². The van der Waals surface area contributed by atoms with Crippen molar-refractivity contribution in [2.24, 2.45) is 5.92 Å². The lowest BCUT2D eigenvalue weighted by molar-refractivity contribution is -0.132. The average Bonchev–Trinajstić information content (AvgIpc) is 3.45. The van der Waals surface area contributed by atoms with Crippen molar-refractivity contribution in [2.75, 3.05) is 13.1 Å². The fourth-order valence-corrected chi connectivity index (χ4v) is 4.85. The Morgan fingerprint density at radius 2 is 1.96 bits per heavy atom. The van der Waals surface area contributed by atoms with Crippen LogP contribution in [0.2, 0.25) is 10.0 Å². The van der Waals surface area contributed by atoms with Crippen LogP contribution in [0.15, 0.2) is 12.1 Å². The van der Waals surface area contributed by atoms with Crippen LogP contribution in [0, 0.1) is 5.92 Å². The second kappa shape index (κ2) is 7.23. The van der Waals surface area contributed by atoms with E-state index in [9.17, 15) is 14.4 Å². The summed E-state index contributed by atoms with van der Waals surface area (Å²) in [5, 5.41) is 6.18. The second-order valence-electron chi connectivity index (χ2n) is 8.11. The maximum atomic E-state index is 12.9. The molecule has 2 heterocycles. The highest BCUT2D eigenvalue weighted by molar-refractivity contribution is 6.42. The molecule has 1 saturated heterocycles. The molecule has 4 amide bonds. The van der Waals surface area contributed by atoms with Crippen LogP contribution in [-0.2, 0) is 16.0 Å². The van der Waals surface area contributed by atoms with Gasteiger partial charge in [0.05, 0.1) is 10.0 Å². The van der Waals surface area contributed by atoms with Crippen LogP contribution in [0.25, 0.3) is 0 Å². The molecule has 2 fully saturated rings. The van der Waals surface area contributed by atoms with Crippen molar-refractivity contribution in [3.05, 3.63) is 33.3 Å². The first-order valence-corrected chi connectivity index (χ1v) is 10.4. The minimum Gasteiger partial charge on any atom is -0.342 e. The van der Waals surface area contributed by atoms with Crippen LogP contribution in [0.4, 0.5) is 4.79 Å². The zero-order valence-electron chi connectivity index (χ0n) is 15.7. The van der Waals surface area contributed by atoms with Gasteiger partial charge in [0.1, 0.15) is 5.54 Å². The number of hydrogen-bond donors (Lipinski definition) is 2. The maximum Gasteiger partial charge on any atom is 0.322 e. The number of fused-ring (bicyclic) bond motifs is 1. The van der Waals surface area contributed by atoms with E-state index in [0.717, 1.165) is 24.0 Å². The number of hydrogen-bond acceptors (Lipinski definition) is 3. The van der Waals surface area contributed by atoms with Crippen LogP contribution in [0.5, 0.6) is 0 Å². The molecule has 2 N–H and O–H groups in total. The van der Waals surface area contributed by atoms with Gasteiger partial charge in [0, 0.05) is 19.5 Å². The largest absolute Gasteiger partial charge is 0.342 e. The number of nitrogens with zero attached hydrogens (tertiary/aromatic N) is 1. The second-order valence-corrected chi connectivity index (χ2v) is 8.92. The third-order valence-corrected chi connectivity index (χ3v) is 6.91. The predicted octanol–water partition coefficient (Wildman–Crippen LogP) is 3.25. The van der Waals surface area contributed by atoms with Gasteiger partial charge < -0.3 is 10.2 Å². The first kappa shape index (κ1) is 19.5. The van der Waals surface area contributed by atoms with Gasteiger partial charge in [0.25, 0.3) is 5.91 Å². The molecule has 8 heteroatoms. The summed E-state index contributed by atoms with van der Waals surface area (Å²) < 4.78 is 0. The quantitative estimate of drug-likeness (QED) is 0.729. The molecule has 6 nitrogen and oxygen atoms in total. The Labute approximate surface area is 173 Å². The normalized spacial score (nSPS) is 27.1. The summed E-state index contributed by atoms with van der Waals surface area (Å²) in [5.41, 5.74) is 1.32. The molecular formula is C20H23Cl2N3O3. The minimum atomic E-state index is -0.922. The molecular weight excluding hydrogens is 401 g/mol. The molecule has 28 heavy (non-hydrogen) atoms. The lowest BCUT2D eigenvalue weighted by Crippen LogP contribution is -2.50. The van der Waals surface area contributed by atoms with E-state index in [1.165, 1.54) is 0 Å². The third-order valence-electron chi connectivity index (χ3n) is 6.19. The first-order chi connectivity index (χ1) is 13.3. The number of carbonyl (C=O) groups excluding carboxylic acids is 3. The maximum absolute atomic E-state index is 12.9. The van der Waals surface area contributed by atoms with Gasteiger partial charge in [0.15, 0.2) is 0 Å². The molecule has 0 radical (unpaired) electrons. The topological polar surface area (TPSA) is 78.5 Å². The van der Waals surface area contributed by atoms with E-state index in [-0.39, 0.29) is 30.1 Å². The van der Waals surface area contributed by atoms with Gasteiger partial charge in [-0.1, -0.05) is 30.1 Å². The van der Waals surface area contributed by atoms with E-state index >= 15 is 0 Å². The van der Waals surface area contributed by atoms with Gasteiger partial charge in [-0.05, 0) is 60.8 Å². The van der Waals surface area contributed by atoms with E-state index in [2.05, 4.69) is 17.6 Å². The number of imide groups is 1. The Bertz CT molecular complexity index is 855. The highest BCUT2D eigenvalue weighted by Crippen LogP contribution is 2.44. The molecule has 4 rings (SSSR count). The minimum absolute atomic E-state index is 0.00539. The van der Waals surface area contributed by atoms with E-state index in [1.807, 2.05) is 17.0 Å². The van der Waals surface area contributed by atoms with E-state index in [0.29, 0.717) is 36.0 Å². The fourth-order valence-electron chi connectivity index (χ4n) is 4.49. The van der Waals surface area contributed by atoms with Gasteiger partial charge >= 0.3 is 6.03 Å². The Balaban J connectivity index is 1.44.